The first-order valence-corrected chi connectivity index (χ1v) is 7.04. The summed E-state index contributed by atoms with van der Waals surface area (Å²) in [6.45, 7) is 0.562. The number of benzene rings is 1. The van der Waals surface area contributed by atoms with Gasteiger partial charge >= 0.3 is 0 Å². The number of hydrogen-bond acceptors (Lipinski definition) is 2. The molecule has 1 N–H and O–H groups in total. The lowest BCUT2D eigenvalue weighted by Gasteiger charge is -2.06. The third-order valence-electron chi connectivity index (χ3n) is 2.81. The Morgan fingerprint density at radius 3 is 2.85 bits per heavy atom. The number of rotatable bonds is 5. The molecule has 1 heterocycles. The van der Waals surface area contributed by atoms with Crippen LogP contribution in [-0.4, -0.2) is 17.4 Å². The number of hydrogen-bond donors (Lipinski definition) is 1. The van der Waals surface area contributed by atoms with Gasteiger partial charge in [-0.05, 0) is 51.7 Å². The predicted molar refractivity (Wildman–Crippen MR) is 78.8 cm³/mol. The Bertz CT molecular complexity index is 590. The lowest BCUT2D eigenvalue weighted by molar-refractivity contribution is -0.120. The fraction of sp³-hybridized carbons (Fsp3) is 0.200. The van der Waals surface area contributed by atoms with Gasteiger partial charge in [0.1, 0.15) is 5.82 Å². The molecule has 0 fully saturated rings. The maximum atomic E-state index is 13.1. The summed E-state index contributed by atoms with van der Waals surface area (Å²) in [4.78, 5) is 15.8. The highest BCUT2D eigenvalue weighted by Gasteiger charge is 2.05. The lowest BCUT2D eigenvalue weighted by Crippen LogP contribution is -2.27. The first kappa shape index (κ1) is 14.7. The molecule has 0 saturated carbocycles. The van der Waals surface area contributed by atoms with Gasteiger partial charge in [-0.3, -0.25) is 9.78 Å². The molecular weight excluding hydrogens is 323 g/mol. The first-order valence-electron chi connectivity index (χ1n) is 6.24. The van der Waals surface area contributed by atoms with Crippen molar-refractivity contribution in [3.8, 4) is 0 Å². The zero-order chi connectivity index (χ0) is 14.4. The monoisotopic (exact) mass is 336 g/mol. The number of nitrogens with one attached hydrogen (secondary N) is 1. The molecule has 1 aromatic heterocycles. The van der Waals surface area contributed by atoms with Crippen LogP contribution in [0.25, 0.3) is 0 Å². The van der Waals surface area contributed by atoms with Gasteiger partial charge in [0, 0.05) is 18.9 Å². The van der Waals surface area contributed by atoms with E-state index in [4.69, 9.17) is 0 Å². The van der Waals surface area contributed by atoms with Crippen LogP contribution < -0.4 is 5.32 Å². The van der Waals surface area contributed by atoms with Crippen LogP contribution in [0.3, 0.4) is 0 Å². The molecule has 0 unspecified atom stereocenters. The van der Waals surface area contributed by atoms with Crippen LogP contribution in [0, 0.1) is 5.82 Å². The molecule has 0 aliphatic carbocycles. The van der Waals surface area contributed by atoms with Gasteiger partial charge in [-0.15, -0.1) is 0 Å². The summed E-state index contributed by atoms with van der Waals surface area (Å²) in [6, 6.07) is 8.42. The van der Waals surface area contributed by atoms with E-state index in [1.54, 1.807) is 24.5 Å². The van der Waals surface area contributed by atoms with Crippen molar-refractivity contribution < 1.29 is 9.18 Å². The molecular formula is C15H14BrFN2O. The summed E-state index contributed by atoms with van der Waals surface area (Å²) in [5.41, 5.74) is 1.86. The molecule has 3 nitrogen and oxygen atoms in total. The van der Waals surface area contributed by atoms with Gasteiger partial charge in [0.15, 0.2) is 0 Å². The maximum Gasteiger partial charge on any atom is 0.224 e. The van der Waals surface area contributed by atoms with Crippen LogP contribution in [0.15, 0.2) is 47.2 Å². The molecule has 2 rings (SSSR count). The molecule has 0 saturated heterocycles. The van der Waals surface area contributed by atoms with E-state index >= 15 is 0 Å². The Balaban J connectivity index is 1.79. The van der Waals surface area contributed by atoms with E-state index in [1.807, 2.05) is 12.1 Å². The Labute approximate surface area is 125 Å². The van der Waals surface area contributed by atoms with E-state index in [9.17, 15) is 9.18 Å². The zero-order valence-electron chi connectivity index (χ0n) is 10.8. The zero-order valence-corrected chi connectivity index (χ0v) is 12.4. The van der Waals surface area contributed by atoms with Crippen molar-refractivity contribution >= 4 is 21.8 Å². The lowest BCUT2D eigenvalue weighted by atomic mass is 10.1. The Kier molecular flexibility index (Phi) is 5.24. The standard InChI is InChI=1S/C15H14BrFN2O/c16-13-8-12(3-4-14(13)17)9-15(20)19-7-5-11-2-1-6-18-10-11/h1-4,6,8,10H,5,7,9H2,(H,19,20). The number of nitrogens with zero attached hydrogens (tertiary/aromatic N) is 1. The van der Waals surface area contributed by atoms with E-state index in [0.717, 1.165) is 17.5 Å². The number of halogens is 2. The normalized spacial score (nSPS) is 10.3. The average Bonchev–Trinajstić information content (AvgIpc) is 2.44. The van der Waals surface area contributed by atoms with Gasteiger partial charge in [-0.2, -0.15) is 0 Å². The summed E-state index contributed by atoms with van der Waals surface area (Å²) in [6.07, 6.45) is 4.48. The molecule has 0 atom stereocenters. The molecule has 0 radical (unpaired) electrons. The highest BCUT2D eigenvalue weighted by molar-refractivity contribution is 9.10. The molecule has 1 aromatic carbocycles. The molecule has 5 heteroatoms. The van der Waals surface area contributed by atoms with Gasteiger partial charge in [-0.1, -0.05) is 12.1 Å². The Morgan fingerprint density at radius 2 is 2.15 bits per heavy atom. The highest BCUT2D eigenvalue weighted by Crippen LogP contribution is 2.17. The SMILES string of the molecule is O=C(Cc1ccc(F)c(Br)c1)NCCc1cccnc1. The van der Waals surface area contributed by atoms with Crippen molar-refractivity contribution in [1.82, 2.24) is 10.3 Å². The summed E-state index contributed by atoms with van der Waals surface area (Å²) in [7, 11) is 0. The molecule has 1 amide bonds. The summed E-state index contributed by atoms with van der Waals surface area (Å²) < 4.78 is 13.4. The Hall–Kier alpha value is -1.75. The van der Waals surface area contributed by atoms with E-state index in [-0.39, 0.29) is 18.1 Å². The molecule has 2 aromatic rings. The van der Waals surface area contributed by atoms with Gasteiger partial charge in [0.05, 0.1) is 10.9 Å². The quantitative estimate of drug-likeness (QED) is 0.912. The van der Waals surface area contributed by atoms with E-state index in [0.29, 0.717) is 11.0 Å². The fourth-order valence-corrected chi connectivity index (χ4v) is 2.22. The maximum absolute atomic E-state index is 13.1. The third kappa shape index (κ3) is 4.42. The van der Waals surface area contributed by atoms with Crippen LogP contribution >= 0.6 is 15.9 Å². The molecule has 0 spiro atoms. The molecule has 20 heavy (non-hydrogen) atoms. The average molecular weight is 337 g/mol. The minimum atomic E-state index is -0.328. The van der Waals surface area contributed by atoms with Crippen molar-refractivity contribution in [2.75, 3.05) is 6.54 Å². The number of carbonyl (C=O) groups is 1. The van der Waals surface area contributed by atoms with Gasteiger partial charge in [-0.25, -0.2) is 4.39 Å². The second-order valence-electron chi connectivity index (χ2n) is 4.39. The number of pyridine rings is 1. The second-order valence-corrected chi connectivity index (χ2v) is 5.24. The van der Waals surface area contributed by atoms with E-state index < -0.39 is 0 Å². The van der Waals surface area contributed by atoms with Crippen LogP contribution in [0.2, 0.25) is 0 Å². The molecule has 0 aliphatic rings. The number of aromatic nitrogens is 1. The van der Waals surface area contributed by atoms with E-state index in [1.165, 1.54) is 6.07 Å². The first-order chi connectivity index (χ1) is 9.65. The second kappa shape index (κ2) is 7.14. The summed E-state index contributed by atoms with van der Waals surface area (Å²) >= 11 is 3.11. The van der Waals surface area contributed by atoms with Crippen molar-refractivity contribution in [2.24, 2.45) is 0 Å². The van der Waals surface area contributed by atoms with Crippen LogP contribution in [0.4, 0.5) is 4.39 Å². The Morgan fingerprint density at radius 1 is 1.30 bits per heavy atom. The fourth-order valence-electron chi connectivity index (χ4n) is 1.79. The minimum Gasteiger partial charge on any atom is -0.355 e. The topological polar surface area (TPSA) is 42.0 Å². The van der Waals surface area contributed by atoms with E-state index in [2.05, 4.69) is 26.2 Å². The third-order valence-corrected chi connectivity index (χ3v) is 3.42. The van der Waals surface area contributed by atoms with Crippen molar-refractivity contribution in [3.05, 3.63) is 64.1 Å². The van der Waals surface area contributed by atoms with Crippen molar-refractivity contribution in [3.63, 3.8) is 0 Å². The highest BCUT2D eigenvalue weighted by atomic mass is 79.9. The molecule has 104 valence electrons. The van der Waals surface area contributed by atoms with Crippen LogP contribution in [0.5, 0.6) is 0 Å². The number of carbonyl (C=O) groups excluding carboxylic acids is 1. The van der Waals surface area contributed by atoms with Gasteiger partial charge < -0.3 is 5.32 Å². The van der Waals surface area contributed by atoms with Gasteiger partial charge in [0.2, 0.25) is 5.91 Å². The van der Waals surface area contributed by atoms with Crippen LogP contribution in [0.1, 0.15) is 11.1 Å². The predicted octanol–water partition coefficient (Wildman–Crippen LogP) is 2.88. The smallest absolute Gasteiger partial charge is 0.224 e. The number of amides is 1. The van der Waals surface area contributed by atoms with Crippen molar-refractivity contribution in [1.29, 1.82) is 0 Å². The molecule has 0 aliphatic heterocycles. The van der Waals surface area contributed by atoms with Gasteiger partial charge in [0.25, 0.3) is 0 Å². The largest absolute Gasteiger partial charge is 0.355 e. The summed E-state index contributed by atoms with van der Waals surface area (Å²) in [5, 5.41) is 2.84. The minimum absolute atomic E-state index is 0.0765. The van der Waals surface area contributed by atoms with Crippen LogP contribution in [-0.2, 0) is 17.6 Å². The molecule has 0 bridgehead atoms. The summed E-state index contributed by atoms with van der Waals surface area (Å²) in [5.74, 6) is -0.405. The van der Waals surface area contributed by atoms with Crippen molar-refractivity contribution in [2.45, 2.75) is 12.8 Å².